The summed E-state index contributed by atoms with van der Waals surface area (Å²) in [6, 6.07) is 9.43. The van der Waals surface area contributed by atoms with Gasteiger partial charge in [-0.15, -0.1) is 0 Å². The van der Waals surface area contributed by atoms with E-state index in [0.717, 1.165) is 30.0 Å². The highest BCUT2D eigenvalue weighted by Crippen LogP contribution is 2.40. The molecule has 0 atom stereocenters. The van der Waals surface area contributed by atoms with Gasteiger partial charge in [0.2, 0.25) is 5.95 Å². The summed E-state index contributed by atoms with van der Waals surface area (Å²) in [6.07, 6.45) is 7.48. The van der Waals surface area contributed by atoms with Crippen LogP contribution in [0.4, 0.5) is 28.8 Å². The Labute approximate surface area is 267 Å². The largest absolute Gasteiger partial charge is 0.494 e. The highest BCUT2D eigenvalue weighted by Gasteiger charge is 2.35. The lowest BCUT2D eigenvalue weighted by atomic mass is 9.96. The maximum atomic E-state index is 13.3. The van der Waals surface area contributed by atoms with Crippen molar-refractivity contribution >= 4 is 62.9 Å². The number of fused-ring (bicyclic) bond motifs is 1. The van der Waals surface area contributed by atoms with Crippen LogP contribution in [-0.2, 0) is 4.57 Å². The number of imidazole rings is 1. The number of hydrogen-bond donors (Lipinski definition) is 2. The Balaban J connectivity index is 1.19. The molecule has 11 nitrogen and oxygen atoms in total. The van der Waals surface area contributed by atoms with Crippen molar-refractivity contribution in [3.8, 4) is 5.75 Å². The summed E-state index contributed by atoms with van der Waals surface area (Å²) in [6.45, 7) is 10.1. The fraction of sp³-hybridized carbons (Fsp3) is 0.452. The van der Waals surface area contributed by atoms with Crippen molar-refractivity contribution in [2.75, 3.05) is 76.2 Å². The van der Waals surface area contributed by atoms with Crippen LogP contribution in [-0.4, -0.2) is 102 Å². The van der Waals surface area contributed by atoms with Gasteiger partial charge in [-0.2, -0.15) is 4.98 Å². The molecule has 6 rings (SSSR count). The lowest BCUT2D eigenvalue weighted by Crippen LogP contribution is -2.62. The number of halogens is 1. The Morgan fingerprint density at radius 1 is 1.07 bits per heavy atom. The summed E-state index contributed by atoms with van der Waals surface area (Å²) >= 11 is 3.58. The normalized spacial score (nSPS) is 16.9. The number of nitrogens with zero attached hydrogens (tertiary/aromatic N) is 7. The van der Waals surface area contributed by atoms with E-state index >= 15 is 0 Å². The molecule has 2 aliphatic heterocycles. The van der Waals surface area contributed by atoms with Crippen LogP contribution in [0, 0.1) is 6.92 Å². The quantitative estimate of drug-likeness (QED) is 0.231. The number of likely N-dealkylation sites (tertiary alicyclic amines) is 1. The predicted octanol–water partition coefficient (Wildman–Crippen LogP) is 5.15. The number of benzene rings is 1. The van der Waals surface area contributed by atoms with Gasteiger partial charge in [-0.1, -0.05) is 0 Å². The maximum Gasteiger partial charge on any atom is 0.229 e. The van der Waals surface area contributed by atoms with E-state index in [2.05, 4.69) is 84.4 Å². The molecule has 234 valence electrons. The topological polar surface area (TPSA) is 103 Å². The number of hydrogen-bond acceptors (Lipinski definition) is 10. The van der Waals surface area contributed by atoms with Crippen molar-refractivity contribution in [1.82, 2.24) is 29.2 Å². The van der Waals surface area contributed by atoms with Crippen LogP contribution in [0.2, 0.25) is 0 Å². The van der Waals surface area contributed by atoms with Gasteiger partial charge in [0.25, 0.3) is 0 Å². The number of aromatic nitrogens is 4. The molecule has 0 unspecified atom stereocenters. The van der Waals surface area contributed by atoms with Crippen molar-refractivity contribution in [1.29, 1.82) is 0 Å². The first-order valence-corrected chi connectivity index (χ1v) is 18.3. The van der Waals surface area contributed by atoms with Crippen molar-refractivity contribution in [3.05, 3.63) is 53.0 Å². The third kappa shape index (κ3) is 6.18. The summed E-state index contributed by atoms with van der Waals surface area (Å²) in [5.74, 6) is 1.69. The monoisotopic (exact) mass is 681 g/mol. The molecule has 2 fully saturated rings. The molecule has 0 spiro atoms. The molecular formula is C31H41BrN9O2P. The van der Waals surface area contributed by atoms with E-state index in [9.17, 15) is 4.57 Å². The summed E-state index contributed by atoms with van der Waals surface area (Å²) in [5, 5.41) is 6.73. The number of methoxy groups -OCH3 is 1. The molecule has 0 amide bonds. The van der Waals surface area contributed by atoms with Crippen molar-refractivity contribution < 1.29 is 9.30 Å². The highest BCUT2D eigenvalue weighted by atomic mass is 79.9. The fourth-order valence-corrected chi connectivity index (χ4v) is 7.94. The smallest absolute Gasteiger partial charge is 0.229 e. The Bertz CT molecular complexity index is 1710. The average Bonchev–Trinajstić information content (AvgIpc) is 3.42. The van der Waals surface area contributed by atoms with E-state index in [1.165, 1.54) is 37.2 Å². The molecule has 2 aliphatic rings. The minimum absolute atomic E-state index is 0.411. The van der Waals surface area contributed by atoms with Gasteiger partial charge < -0.3 is 29.7 Å². The zero-order chi connectivity index (χ0) is 31.2. The van der Waals surface area contributed by atoms with E-state index in [1.54, 1.807) is 39.2 Å². The van der Waals surface area contributed by atoms with Gasteiger partial charge >= 0.3 is 0 Å². The van der Waals surface area contributed by atoms with Crippen LogP contribution in [0.25, 0.3) is 5.52 Å². The Morgan fingerprint density at radius 3 is 2.50 bits per heavy atom. The zero-order valence-electron chi connectivity index (χ0n) is 26.2. The Morgan fingerprint density at radius 2 is 1.82 bits per heavy atom. The second-order valence-electron chi connectivity index (χ2n) is 12.4. The number of likely N-dealkylation sites (N-methyl/N-ethyl adjacent to an activating group) is 1. The first-order valence-electron chi connectivity index (χ1n) is 14.9. The standard InChI is InChI=1S/C31H41BrN9O2P/c1-20-13-26(28(43-4)14-27(20)39-11-9-21(10-12-39)40-17-23(18-40)38(2)3)36-31-34-16-24(32)29(37-31)35-25-8-7-22-15-33-19-41(22)30(25)44(5,6)42/h7-8,13-16,19,21,23H,9-12,17-18H2,1-6H3,(H2,34,35,36,37). The first-order chi connectivity index (χ1) is 21.0. The number of piperidine rings is 1. The fourth-order valence-electron chi connectivity index (χ4n) is 6.26. The van der Waals surface area contributed by atoms with Gasteiger partial charge in [0.1, 0.15) is 24.1 Å². The third-order valence-corrected chi connectivity index (χ3v) is 10.8. The zero-order valence-corrected chi connectivity index (χ0v) is 28.7. The molecule has 3 aromatic heterocycles. The predicted molar refractivity (Wildman–Crippen MR) is 183 cm³/mol. The van der Waals surface area contributed by atoms with E-state index in [-0.39, 0.29) is 0 Å². The molecule has 0 radical (unpaired) electrons. The third-order valence-electron chi connectivity index (χ3n) is 8.77. The second-order valence-corrected chi connectivity index (χ2v) is 16.4. The van der Waals surface area contributed by atoms with Crippen LogP contribution in [0.15, 0.2) is 47.5 Å². The van der Waals surface area contributed by atoms with Crippen LogP contribution < -0.4 is 25.7 Å². The van der Waals surface area contributed by atoms with Gasteiger partial charge in [0.15, 0.2) is 0 Å². The molecule has 2 N–H and O–H groups in total. The van der Waals surface area contributed by atoms with Crippen molar-refractivity contribution in [3.63, 3.8) is 0 Å². The molecule has 4 aromatic rings. The lowest BCUT2D eigenvalue weighted by molar-refractivity contribution is 0.0188. The van der Waals surface area contributed by atoms with E-state index in [1.807, 2.05) is 16.5 Å². The van der Waals surface area contributed by atoms with Gasteiger partial charge in [-0.3, -0.25) is 9.30 Å². The molecule has 2 saturated heterocycles. The number of nitrogens with one attached hydrogen (secondary N) is 2. The number of aryl methyl sites for hydroxylation is 1. The molecule has 0 aliphatic carbocycles. The summed E-state index contributed by atoms with van der Waals surface area (Å²) in [7, 11) is 3.37. The van der Waals surface area contributed by atoms with Crippen LogP contribution in [0.1, 0.15) is 18.4 Å². The maximum absolute atomic E-state index is 13.3. The molecule has 0 bridgehead atoms. The van der Waals surface area contributed by atoms with Crippen molar-refractivity contribution in [2.45, 2.75) is 31.8 Å². The SMILES string of the molecule is COc1cc(N2CCC(N3CC(N(C)C)C3)CC2)c(C)cc1Nc1ncc(Br)c(Nc2ccc3cncn3c2P(C)(C)=O)n1. The molecule has 0 saturated carbocycles. The average molecular weight is 683 g/mol. The second kappa shape index (κ2) is 12.3. The molecule has 5 heterocycles. The van der Waals surface area contributed by atoms with E-state index in [0.29, 0.717) is 39.4 Å². The summed E-state index contributed by atoms with van der Waals surface area (Å²) < 4.78 is 21.7. The van der Waals surface area contributed by atoms with Crippen LogP contribution in [0.3, 0.4) is 0 Å². The molecule has 44 heavy (non-hydrogen) atoms. The number of rotatable bonds is 9. The minimum Gasteiger partial charge on any atom is -0.494 e. The summed E-state index contributed by atoms with van der Waals surface area (Å²) in [5.41, 5.74) is 5.40. The minimum atomic E-state index is -2.67. The number of anilines is 5. The molecule has 1 aromatic carbocycles. The van der Waals surface area contributed by atoms with Gasteiger partial charge in [-0.05, 0) is 86.9 Å². The lowest BCUT2D eigenvalue weighted by Gasteiger charge is -2.49. The Kier molecular flexibility index (Phi) is 8.63. The summed E-state index contributed by atoms with van der Waals surface area (Å²) in [4.78, 5) is 21.0. The van der Waals surface area contributed by atoms with Gasteiger partial charge in [0.05, 0.1) is 41.0 Å². The Hall–Kier alpha value is -3.18. The number of ether oxygens (including phenoxy) is 1. The van der Waals surface area contributed by atoms with Crippen LogP contribution in [0.5, 0.6) is 5.75 Å². The highest BCUT2D eigenvalue weighted by molar-refractivity contribution is 9.10. The van der Waals surface area contributed by atoms with Crippen molar-refractivity contribution in [2.24, 2.45) is 0 Å². The van der Waals surface area contributed by atoms with Crippen LogP contribution >= 0.6 is 23.1 Å². The van der Waals surface area contributed by atoms with E-state index < -0.39 is 7.14 Å². The van der Waals surface area contributed by atoms with E-state index in [4.69, 9.17) is 9.72 Å². The van der Waals surface area contributed by atoms with Gasteiger partial charge in [0, 0.05) is 56.2 Å². The molecular weight excluding hydrogens is 641 g/mol. The molecule has 13 heteroatoms. The van der Waals surface area contributed by atoms with Gasteiger partial charge in [-0.25, -0.2) is 9.97 Å². The first kappa shape index (κ1) is 30.8. The number of pyridine rings is 1.